The van der Waals surface area contributed by atoms with Crippen molar-refractivity contribution in [2.24, 2.45) is 0 Å². The van der Waals surface area contributed by atoms with Crippen molar-refractivity contribution in [1.82, 2.24) is 0 Å². The van der Waals surface area contributed by atoms with Gasteiger partial charge in [0.15, 0.2) is 0 Å². The van der Waals surface area contributed by atoms with Crippen molar-refractivity contribution in [1.29, 1.82) is 0 Å². The smallest absolute Gasteiger partial charge is 0.416 e. The number of anilines is 2. The molecule has 6 nitrogen and oxygen atoms in total. The van der Waals surface area contributed by atoms with Crippen molar-refractivity contribution in [2.45, 2.75) is 25.4 Å². The summed E-state index contributed by atoms with van der Waals surface area (Å²) in [5.41, 5.74) is -0.437. The number of carboxylic acids is 1. The molecule has 0 saturated carbocycles. The Balaban J connectivity index is 2.02. The molecule has 9 heteroatoms. The standard InChI is InChI=1S/C19H17F3N2O4/c20-19(21,22)13-5-2-7-15(11-13)24-18(28)12-4-1-6-14(10-12)23-16(25)8-3-9-17(26)27/h1-2,4-7,10-11H,3,8-9H2,(H,23,25)(H,24,28)(H,26,27). The number of carbonyl (C=O) groups is 3. The molecule has 2 aromatic rings. The first-order valence-corrected chi connectivity index (χ1v) is 8.25. The maximum atomic E-state index is 12.7. The third-order valence-corrected chi connectivity index (χ3v) is 3.65. The molecule has 0 aromatic heterocycles. The van der Waals surface area contributed by atoms with E-state index in [-0.39, 0.29) is 30.5 Å². The molecule has 0 fully saturated rings. The molecule has 2 rings (SSSR count). The zero-order chi connectivity index (χ0) is 20.7. The van der Waals surface area contributed by atoms with E-state index < -0.39 is 29.5 Å². The van der Waals surface area contributed by atoms with Crippen molar-refractivity contribution in [2.75, 3.05) is 10.6 Å². The Morgan fingerprint density at radius 3 is 2.18 bits per heavy atom. The van der Waals surface area contributed by atoms with Crippen LogP contribution in [0.3, 0.4) is 0 Å². The number of nitrogens with one attached hydrogen (secondary N) is 2. The topological polar surface area (TPSA) is 95.5 Å². The van der Waals surface area contributed by atoms with Crippen LogP contribution in [0.15, 0.2) is 48.5 Å². The van der Waals surface area contributed by atoms with Gasteiger partial charge in [-0.25, -0.2) is 0 Å². The van der Waals surface area contributed by atoms with Crippen LogP contribution in [-0.4, -0.2) is 22.9 Å². The van der Waals surface area contributed by atoms with Crippen LogP contribution in [0.4, 0.5) is 24.5 Å². The Kier molecular flexibility index (Phi) is 6.75. The zero-order valence-electron chi connectivity index (χ0n) is 14.5. The predicted octanol–water partition coefficient (Wildman–Crippen LogP) is 4.15. The van der Waals surface area contributed by atoms with Crippen molar-refractivity contribution >= 4 is 29.2 Å². The Labute approximate surface area is 158 Å². The first-order valence-electron chi connectivity index (χ1n) is 8.25. The fourth-order valence-electron chi connectivity index (χ4n) is 2.34. The van der Waals surface area contributed by atoms with Gasteiger partial charge in [0.2, 0.25) is 5.91 Å². The van der Waals surface area contributed by atoms with Crippen LogP contribution in [0.5, 0.6) is 0 Å². The molecule has 28 heavy (non-hydrogen) atoms. The highest BCUT2D eigenvalue weighted by Gasteiger charge is 2.30. The van der Waals surface area contributed by atoms with Gasteiger partial charge in [0.1, 0.15) is 0 Å². The Bertz CT molecular complexity index is 881. The van der Waals surface area contributed by atoms with Gasteiger partial charge in [-0.05, 0) is 42.8 Å². The van der Waals surface area contributed by atoms with Gasteiger partial charge in [-0.1, -0.05) is 12.1 Å². The summed E-state index contributed by atoms with van der Waals surface area (Å²) >= 11 is 0. The highest BCUT2D eigenvalue weighted by Crippen LogP contribution is 2.30. The minimum atomic E-state index is -4.52. The lowest BCUT2D eigenvalue weighted by molar-refractivity contribution is -0.138. The molecule has 0 unspecified atom stereocenters. The molecule has 2 aromatic carbocycles. The maximum Gasteiger partial charge on any atom is 0.416 e. The summed E-state index contributed by atoms with van der Waals surface area (Å²) in [4.78, 5) is 34.5. The summed E-state index contributed by atoms with van der Waals surface area (Å²) in [6.07, 6.45) is -4.47. The Morgan fingerprint density at radius 1 is 0.893 bits per heavy atom. The molecular formula is C19H17F3N2O4. The molecule has 2 amide bonds. The minimum Gasteiger partial charge on any atom is -0.481 e. The van der Waals surface area contributed by atoms with Crippen LogP contribution in [-0.2, 0) is 15.8 Å². The lowest BCUT2D eigenvalue weighted by atomic mass is 10.1. The van der Waals surface area contributed by atoms with Gasteiger partial charge in [-0.15, -0.1) is 0 Å². The van der Waals surface area contributed by atoms with Gasteiger partial charge in [-0.2, -0.15) is 13.2 Å². The van der Waals surface area contributed by atoms with E-state index in [0.717, 1.165) is 12.1 Å². The largest absolute Gasteiger partial charge is 0.481 e. The third-order valence-electron chi connectivity index (χ3n) is 3.65. The number of carboxylic acid groups (broad SMARTS) is 1. The third kappa shape index (κ3) is 6.42. The van der Waals surface area contributed by atoms with Gasteiger partial charge in [0.25, 0.3) is 5.91 Å². The summed E-state index contributed by atoms with van der Waals surface area (Å²) in [7, 11) is 0. The first-order chi connectivity index (χ1) is 13.1. The highest BCUT2D eigenvalue weighted by molar-refractivity contribution is 6.05. The predicted molar refractivity (Wildman–Crippen MR) is 96.0 cm³/mol. The molecule has 0 heterocycles. The second-order valence-electron chi connectivity index (χ2n) is 5.91. The summed E-state index contributed by atoms with van der Waals surface area (Å²) in [6, 6.07) is 10.1. The van der Waals surface area contributed by atoms with Crippen LogP contribution >= 0.6 is 0 Å². The minimum absolute atomic E-state index is 0.00690. The van der Waals surface area contributed by atoms with Crippen LogP contribution in [0.1, 0.15) is 35.2 Å². The molecule has 0 bridgehead atoms. The van der Waals surface area contributed by atoms with E-state index in [9.17, 15) is 27.6 Å². The van der Waals surface area contributed by atoms with Crippen LogP contribution < -0.4 is 10.6 Å². The van der Waals surface area contributed by atoms with Crippen molar-refractivity contribution in [3.05, 3.63) is 59.7 Å². The lowest BCUT2D eigenvalue weighted by Crippen LogP contribution is -2.15. The van der Waals surface area contributed by atoms with Crippen LogP contribution in [0, 0.1) is 0 Å². The average Bonchev–Trinajstić information content (AvgIpc) is 2.61. The SMILES string of the molecule is O=C(O)CCCC(=O)Nc1cccc(C(=O)Nc2cccc(C(F)(F)F)c2)c1. The van der Waals surface area contributed by atoms with E-state index >= 15 is 0 Å². The van der Waals surface area contributed by atoms with E-state index in [4.69, 9.17) is 5.11 Å². The second-order valence-corrected chi connectivity index (χ2v) is 5.91. The van der Waals surface area contributed by atoms with E-state index in [1.54, 1.807) is 0 Å². The molecule has 0 saturated heterocycles. The van der Waals surface area contributed by atoms with E-state index in [1.807, 2.05) is 0 Å². The summed E-state index contributed by atoms with van der Waals surface area (Å²) in [5.74, 6) is -2.04. The molecule has 0 aliphatic rings. The van der Waals surface area contributed by atoms with Gasteiger partial charge in [-0.3, -0.25) is 14.4 Å². The van der Waals surface area contributed by atoms with Gasteiger partial charge >= 0.3 is 12.1 Å². The van der Waals surface area contributed by atoms with Crippen LogP contribution in [0.25, 0.3) is 0 Å². The van der Waals surface area contributed by atoms with Gasteiger partial charge in [0, 0.05) is 29.8 Å². The number of rotatable bonds is 7. The monoisotopic (exact) mass is 394 g/mol. The summed E-state index contributed by atoms with van der Waals surface area (Å²) in [6.45, 7) is 0. The molecular weight excluding hydrogens is 377 g/mol. The number of aliphatic carboxylic acids is 1. The number of amides is 2. The highest BCUT2D eigenvalue weighted by atomic mass is 19.4. The van der Waals surface area contributed by atoms with E-state index in [2.05, 4.69) is 10.6 Å². The first kappa shape index (κ1) is 20.9. The lowest BCUT2D eigenvalue weighted by Gasteiger charge is -2.11. The second kappa shape index (κ2) is 9.03. The molecule has 148 valence electrons. The number of halogens is 3. The van der Waals surface area contributed by atoms with Crippen LogP contribution in [0.2, 0.25) is 0 Å². The van der Waals surface area contributed by atoms with E-state index in [1.165, 1.54) is 36.4 Å². The Hall–Kier alpha value is -3.36. The number of benzene rings is 2. The average molecular weight is 394 g/mol. The van der Waals surface area contributed by atoms with Crippen molar-refractivity contribution in [3.63, 3.8) is 0 Å². The van der Waals surface area contributed by atoms with Gasteiger partial charge < -0.3 is 15.7 Å². The fraction of sp³-hybridized carbons (Fsp3) is 0.211. The normalized spacial score (nSPS) is 11.0. The van der Waals surface area contributed by atoms with E-state index in [0.29, 0.717) is 5.69 Å². The van der Waals surface area contributed by atoms with Crippen molar-refractivity contribution in [3.8, 4) is 0 Å². The number of alkyl halides is 3. The molecule has 0 aliphatic carbocycles. The number of carbonyl (C=O) groups excluding carboxylic acids is 2. The molecule has 3 N–H and O–H groups in total. The van der Waals surface area contributed by atoms with Crippen molar-refractivity contribution < 1.29 is 32.7 Å². The fourth-order valence-corrected chi connectivity index (χ4v) is 2.34. The molecule has 0 radical (unpaired) electrons. The zero-order valence-corrected chi connectivity index (χ0v) is 14.5. The molecule has 0 spiro atoms. The molecule has 0 atom stereocenters. The van der Waals surface area contributed by atoms with Gasteiger partial charge in [0.05, 0.1) is 5.56 Å². The Morgan fingerprint density at radius 2 is 1.54 bits per heavy atom. The number of hydrogen-bond acceptors (Lipinski definition) is 3. The molecule has 0 aliphatic heterocycles. The number of hydrogen-bond donors (Lipinski definition) is 3. The quantitative estimate of drug-likeness (QED) is 0.657. The maximum absolute atomic E-state index is 12.7. The summed E-state index contributed by atoms with van der Waals surface area (Å²) < 4.78 is 38.2. The summed E-state index contributed by atoms with van der Waals surface area (Å²) in [5, 5.41) is 13.5.